The minimum Gasteiger partial charge on any atom is -0.691 e. The Kier molecular flexibility index (Phi) is 7.86. The van der Waals surface area contributed by atoms with Crippen molar-refractivity contribution in [1.82, 2.24) is 0 Å². The van der Waals surface area contributed by atoms with Gasteiger partial charge in [0.2, 0.25) is 0 Å². The smallest absolute Gasteiger partial charge is 0.415 e. The van der Waals surface area contributed by atoms with Crippen LogP contribution >= 0.6 is 12.0 Å². The van der Waals surface area contributed by atoms with Crippen molar-refractivity contribution in [2.24, 2.45) is 5.92 Å². The van der Waals surface area contributed by atoms with Crippen molar-refractivity contribution >= 4 is 24.0 Å². The van der Waals surface area contributed by atoms with E-state index in [9.17, 15) is 23.6 Å². The standard InChI is InChI=1S/C11H16F2O7S/c12-11(13,21-20-19-16)10(15)18-7-9(14)17-6-8-4-2-1-3-5-8/h8,16H,1-7H2/p-1. The molecule has 0 aromatic heterocycles. The summed E-state index contributed by atoms with van der Waals surface area (Å²) >= 11 is -0.820. The Morgan fingerprint density at radius 1 is 1.19 bits per heavy atom. The summed E-state index contributed by atoms with van der Waals surface area (Å²) in [6.45, 7) is -0.741. The van der Waals surface area contributed by atoms with Crippen molar-refractivity contribution in [1.29, 1.82) is 0 Å². The van der Waals surface area contributed by atoms with Crippen LogP contribution in [0.1, 0.15) is 32.1 Å². The van der Waals surface area contributed by atoms with E-state index in [0.29, 0.717) is 0 Å². The van der Waals surface area contributed by atoms with Crippen LogP contribution in [0.5, 0.6) is 0 Å². The third kappa shape index (κ3) is 7.02. The molecule has 1 aliphatic rings. The molecule has 1 fully saturated rings. The normalized spacial score (nSPS) is 16.5. The number of esters is 2. The lowest BCUT2D eigenvalue weighted by Gasteiger charge is -2.21. The summed E-state index contributed by atoms with van der Waals surface area (Å²) in [4.78, 5) is 22.2. The van der Waals surface area contributed by atoms with Crippen LogP contribution in [0, 0.1) is 5.92 Å². The summed E-state index contributed by atoms with van der Waals surface area (Å²) in [6.07, 6.45) is 5.21. The Morgan fingerprint density at radius 2 is 1.86 bits per heavy atom. The predicted molar refractivity (Wildman–Crippen MR) is 63.2 cm³/mol. The van der Waals surface area contributed by atoms with Gasteiger partial charge in [-0.25, -0.2) is 9.59 Å². The van der Waals surface area contributed by atoms with Gasteiger partial charge in [-0.2, -0.15) is 13.1 Å². The predicted octanol–water partition coefficient (Wildman–Crippen LogP) is 1.12. The lowest BCUT2D eigenvalue weighted by Crippen LogP contribution is -2.30. The number of carbonyl (C=O) groups excluding carboxylic acids is 2. The van der Waals surface area contributed by atoms with Crippen LogP contribution in [0.4, 0.5) is 8.78 Å². The number of carbonyl (C=O) groups is 2. The molecule has 0 aromatic carbocycles. The Hall–Kier alpha value is -0.970. The van der Waals surface area contributed by atoms with Gasteiger partial charge in [0.05, 0.1) is 6.61 Å². The van der Waals surface area contributed by atoms with Crippen molar-refractivity contribution in [2.75, 3.05) is 13.2 Å². The molecular formula is C11H15F2O7S-. The number of halogens is 2. The van der Waals surface area contributed by atoms with Gasteiger partial charge in [0.1, 0.15) is 12.0 Å². The molecule has 0 aromatic rings. The lowest BCUT2D eigenvalue weighted by atomic mass is 9.90. The molecule has 0 bridgehead atoms. The summed E-state index contributed by atoms with van der Waals surface area (Å²) in [5.74, 6) is -2.67. The van der Waals surface area contributed by atoms with Gasteiger partial charge >= 0.3 is 17.2 Å². The van der Waals surface area contributed by atoms with Gasteiger partial charge in [-0.3, -0.25) is 5.04 Å². The van der Waals surface area contributed by atoms with Crippen LogP contribution < -0.4 is 5.26 Å². The van der Waals surface area contributed by atoms with Gasteiger partial charge < -0.3 is 14.7 Å². The highest BCUT2D eigenvalue weighted by atomic mass is 32.2. The number of hydrogen-bond acceptors (Lipinski definition) is 8. The van der Waals surface area contributed by atoms with Gasteiger partial charge in [0.25, 0.3) is 0 Å². The Labute approximate surface area is 123 Å². The molecule has 0 spiro atoms. The van der Waals surface area contributed by atoms with Gasteiger partial charge in [-0.15, -0.1) is 0 Å². The average Bonchev–Trinajstić information content (AvgIpc) is 2.49. The first kappa shape index (κ1) is 18.1. The van der Waals surface area contributed by atoms with E-state index < -0.39 is 35.8 Å². The molecule has 0 saturated heterocycles. The molecule has 0 atom stereocenters. The molecule has 0 N–H and O–H groups in total. The van der Waals surface area contributed by atoms with Crippen LogP contribution in [0.15, 0.2) is 0 Å². The van der Waals surface area contributed by atoms with E-state index >= 15 is 0 Å². The second-order valence-corrected chi connectivity index (χ2v) is 5.31. The van der Waals surface area contributed by atoms with E-state index in [1.54, 1.807) is 0 Å². The molecule has 0 radical (unpaired) electrons. The molecule has 1 aliphatic carbocycles. The number of alkyl halides is 2. The second-order valence-electron chi connectivity index (χ2n) is 4.50. The zero-order chi connectivity index (χ0) is 15.7. The minimum atomic E-state index is -4.16. The maximum Gasteiger partial charge on any atom is 0.415 e. The molecule has 1 saturated carbocycles. The topological polar surface area (TPSA) is 94.1 Å². The summed E-state index contributed by atoms with van der Waals surface area (Å²) in [6, 6.07) is 0. The zero-order valence-electron chi connectivity index (χ0n) is 11.0. The molecule has 0 aliphatic heterocycles. The summed E-state index contributed by atoms with van der Waals surface area (Å²) in [5.41, 5.74) is 0. The number of rotatable bonds is 8. The number of ether oxygens (including phenoxy) is 2. The molecule has 0 heterocycles. The maximum absolute atomic E-state index is 12.9. The minimum absolute atomic E-state index is 0.189. The summed E-state index contributed by atoms with van der Waals surface area (Å²) in [7, 11) is 0. The van der Waals surface area contributed by atoms with E-state index in [1.165, 1.54) is 0 Å². The van der Waals surface area contributed by atoms with Crippen molar-refractivity contribution in [3.63, 3.8) is 0 Å². The van der Waals surface area contributed by atoms with E-state index in [1.807, 2.05) is 0 Å². The van der Waals surface area contributed by atoms with Gasteiger partial charge in [0, 0.05) is 0 Å². The third-order valence-electron chi connectivity index (χ3n) is 2.93. The lowest BCUT2D eigenvalue weighted by molar-refractivity contribution is -0.777. The second kappa shape index (κ2) is 9.13. The van der Waals surface area contributed by atoms with Crippen LogP contribution in [-0.4, -0.2) is 30.4 Å². The van der Waals surface area contributed by atoms with Crippen LogP contribution in [0.25, 0.3) is 0 Å². The van der Waals surface area contributed by atoms with Crippen molar-refractivity contribution in [3.8, 4) is 0 Å². The molecule has 1 rings (SSSR count). The highest BCUT2D eigenvalue weighted by molar-refractivity contribution is 7.96. The van der Waals surface area contributed by atoms with Gasteiger partial charge in [-0.1, -0.05) is 19.3 Å². The van der Waals surface area contributed by atoms with Crippen molar-refractivity contribution in [3.05, 3.63) is 0 Å². The molecule has 122 valence electrons. The van der Waals surface area contributed by atoms with Crippen LogP contribution in [0.3, 0.4) is 0 Å². The summed E-state index contributed by atoms with van der Waals surface area (Å²) in [5, 5.41) is 7.93. The van der Waals surface area contributed by atoms with Gasteiger partial charge in [-0.05, 0) is 18.8 Å². The average molecular weight is 329 g/mol. The molecule has 7 nitrogen and oxygen atoms in total. The SMILES string of the molecule is O=C(COC(=O)C(F)(F)SOO[O-])OCC1CCCCC1. The highest BCUT2D eigenvalue weighted by Crippen LogP contribution is 2.31. The fourth-order valence-corrected chi connectivity index (χ4v) is 2.15. The van der Waals surface area contributed by atoms with Crippen molar-refractivity contribution < 1.29 is 42.5 Å². The molecule has 0 amide bonds. The van der Waals surface area contributed by atoms with Crippen LogP contribution in [0.2, 0.25) is 0 Å². The quantitative estimate of drug-likeness (QED) is 0.283. The fraction of sp³-hybridized carbons (Fsp3) is 0.818. The molecule has 21 heavy (non-hydrogen) atoms. The zero-order valence-corrected chi connectivity index (χ0v) is 11.9. The third-order valence-corrected chi connectivity index (χ3v) is 3.43. The molecule has 10 heteroatoms. The Balaban J connectivity index is 2.20. The first-order valence-corrected chi connectivity index (χ1v) is 7.05. The van der Waals surface area contributed by atoms with Crippen LogP contribution in [-0.2, 0) is 28.4 Å². The largest absolute Gasteiger partial charge is 0.691 e. The van der Waals surface area contributed by atoms with E-state index in [2.05, 4.69) is 14.1 Å². The molecule has 0 unspecified atom stereocenters. The summed E-state index contributed by atoms with van der Waals surface area (Å²) < 4.78 is 38.1. The Bertz CT molecular complexity index is 347. The number of hydrogen-bond donors (Lipinski definition) is 0. The van der Waals surface area contributed by atoms with E-state index in [0.717, 1.165) is 32.1 Å². The van der Waals surface area contributed by atoms with Crippen molar-refractivity contribution in [2.45, 2.75) is 37.4 Å². The first-order valence-electron chi connectivity index (χ1n) is 6.30. The maximum atomic E-state index is 12.9. The van der Waals surface area contributed by atoms with E-state index in [4.69, 9.17) is 4.74 Å². The molecular weight excluding hydrogens is 314 g/mol. The van der Waals surface area contributed by atoms with Gasteiger partial charge in [0.15, 0.2) is 6.61 Å². The monoisotopic (exact) mass is 329 g/mol. The fourth-order valence-electron chi connectivity index (χ4n) is 1.91. The highest BCUT2D eigenvalue weighted by Gasteiger charge is 2.44. The van der Waals surface area contributed by atoms with E-state index in [-0.39, 0.29) is 12.5 Å². The first-order chi connectivity index (χ1) is 9.95. The Morgan fingerprint density at radius 3 is 2.48 bits per heavy atom.